The SMILES string of the molecule is O=C(O)C1c2occc2CCN1S(=O)(=O)c1ccc(Sc2ccc(-n3cnnc3)cc2)cc1. The zero-order valence-electron chi connectivity index (χ0n) is 17.1. The number of aliphatic carboxylic acids is 1. The van der Waals surface area contributed by atoms with Crippen LogP contribution in [0.1, 0.15) is 17.4 Å². The Morgan fingerprint density at radius 3 is 2.27 bits per heavy atom. The van der Waals surface area contributed by atoms with Gasteiger partial charge in [0.2, 0.25) is 10.0 Å². The van der Waals surface area contributed by atoms with Gasteiger partial charge in [-0.05, 0) is 66.6 Å². The largest absolute Gasteiger partial charge is 0.480 e. The summed E-state index contributed by atoms with van der Waals surface area (Å²) >= 11 is 1.49. The Balaban J connectivity index is 1.35. The number of carboxylic acid groups (broad SMARTS) is 1. The number of benzene rings is 2. The summed E-state index contributed by atoms with van der Waals surface area (Å²) in [5.74, 6) is -1.10. The standard InChI is InChI=1S/C22H18N4O5S2/c27-22(28)20-21-15(10-12-31-21)9-11-26(20)33(29,30)19-7-5-18(6-8-19)32-17-3-1-16(2-4-17)25-13-23-24-14-25/h1-8,10,12-14,20H,9,11H2,(H,27,28). The van der Waals surface area contributed by atoms with Gasteiger partial charge in [-0.1, -0.05) is 11.8 Å². The van der Waals surface area contributed by atoms with Crippen LogP contribution in [0, 0.1) is 0 Å². The highest BCUT2D eigenvalue weighted by atomic mass is 32.2. The zero-order chi connectivity index (χ0) is 23.0. The average Bonchev–Trinajstić information content (AvgIpc) is 3.51. The number of hydrogen-bond acceptors (Lipinski definition) is 7. The monoisotopic (exact) mass is 482 g/mol. The number of nitrogens with zero attached hydrogens (tertiary/aromatic N) is 4. The summed E-state index contributed by atoms with van der Waals surface area (Å²) in [6, 6.07) is 14.5. The van der Waals surface area contributed by atoms with Crippen LogP contribution in [0.3, 0.4) is 0 Å². The Bertz CT molecular complexity index is 1380. The maximum atomic E-state index is 13.3. The quantitative estimate of drug-likeness (QED) is 0.444. The molecule has 2 aromatic carbocycles. The highest BCUT2D eigenvalue weighted by molar-refractivity contribution is 7.99. The third kappa shape index (κ3) is 4.06. The van der Waals surface area contributed by atoms with Crippen LogP contribution in [0.25, 0.3) is 5.69 Å². The van der Waals surface area contributed by atoms with Gasteiger partial charge in [0.25, 0.3) is 0 Å². The Morgan fingerprint density at radius 1 is 1.00 bits per heavy atom. The molecule has 0 bridgehead atoms. The van der Waals surface area contributed by atoms with Gasteiger partial charge in [-0.15, -0.1) is 10.2 Å². The predicted octanol–water partition coefficient (Wildman–Crippen LogP) is 3.38. The van der Waals surface area contributed by atoms with Crippen LogP contribution in [0.2, 0.25) is 0 Å². The van der Waals surface area contributed by atoms with Crippen molar-refractivity contribution in [1.82, 2.24) is 19.1 Å². The van der Waals surface area contributed by atoms with E-state index in [2.05, 4.69) is 10.2 Å². The minimum Gasteiger partial charge on any atom is -0.480 e. The smallest absolute Gasteiger partial charge is 0.329 e. The molecule has 0 aliphatic carbocycles. The molecule has 1 N–H and O–H groups in total. The van der Waals surface area contributed by atoms with Crippen molar-refractivity contribution in [2.24, 2.45) is 0 Å². The van der Waals surface area contributed by atoms with E-state index < -0.39 is 22.0 Å². The minimum atomic E-state index is -4.03. The molecular formula is C22H18N4O5S2. The second-order valence-electron chi connectivity index (χ2n) is 7.35. The molecule has 0 fully saturated rings. The lowest BCUT2D eigenvalue weighted by atomic mass is 10.0. The fourth-order valence-corrected chi connectivity index (χ4v) is 6.11. The minimum absolute atomic E-state index is 0.0380. The third-order valence-corrected chi connectivity index (χ3v) is 8.27. The van der Waals surface area contributed by atoms with Crippen molar-refractivity contribution >= 4 is 27.8 Å². The first-order chi connectivity index (χ1) is 15.9. The summed E-state index contributed by atoms with van der Waals surface area (Å²) in [4.78, 5) is 13.8. The molecule has 4 aromatic rings. The van der Waals surface area contributed by atoms with Gasteiger partial charge in [0.1, 0.15) is 18.4 Å². The number of hydrogen-bond donors (Lipinski definition) is 1. The van der Waals surface area contributed by atoms with Gasteiger partial charge in [0, 0.05) is 22.0 Å². The Kier molecular flexibility index (Phi) is 5.52. The lowest BCUT2D eigenvalue weighted by molar-refractivity contribution is -0.142. The maximum absolute atomic E-state index is 13.3. The number of aromatic nitrogens is 3. The lowest BCUT2D eigenvalue weighted by Gasteiger charge is -2.31. The van der Waals surface area contributed by atoms with Crippen LogP contribution < -0.4 is 0 Å². The molecule has 0 radical (unpaired) electrons. The van der Waals surface area contributed by atoms with Gasteiger partial charge in [0.05, 0.1) is 11.2 Å². The normalized spacial score (nSPS) is 16.4. The summed E-state index contributed by atoms with van der Waals surface area (Å²) in [6.07, 6.45) is 5.02. The lowest BCUT2D eigenvalue weighted by Crippen LogP contribution is -2.43. The van der Waals surface area contributed by atoms with E-state index in [0.29, 0.717) is 6.42 Å². The molecule has 0 saturated heterocycles. The van der Waals surface area contributed by atoms with Crippen molar-refractivity contribution in [2.45, 2.75) is 27.1 Å². The summed E-state index contributed by atoms with van der Waals surface area (Å²) in [5, 5.41) is 17.3. The second kappa shape index (κ2) is 8.50. The van der Waals surface area contributed by atoms with Gasteiger partial charge < -0.3 is 9.52 Å². The van der Waals surface area contributed by atoms with E-state index in [1.54, 1.807) is 35.4 Å². The number of fused-ring (bicyclic) bond motifs is 1. The first kappa shape index (κ1) is 21.4. The summed E-state index contributed by atoms with van der Waals surface area (Å²) in [5.41, 5.74) is 1.65. The average molecular weight is 483 g/mol. The topological polar surface area (TPSA) is 119 Å². The van der Waals surface area contributed by atoms with Crippen LogP contribution in [0.4, 0.5) is 0 Å². The fraction of sp³-hybridized carbons (Fsp3) is 0.136. The van der Waals surface area contributed by atoms with E-state index >= 15 is 0 Å². The van der Waals surface area contributed by atoms with Gasteiger partial charge in [0.15, 0.2) is 6.04 Å². The third-order valence-electron chi connectivity index (χ3n) is 5.37. The van der Waals surface area contributed by atoms with Gasteiger partial charge in [-0.3, -0.25) is 4.57 Å². The number of carboxylic acids is 1. The van der Waals surface area contributed by atoms with E-state index in [4.69, 9.17) is 4.42 Å². The fourth-order valence-electron chi connectivity index (χ4n) is 3.75. The molecule has 0 amide bonds. The molecule has 168 valence electrons. The van der Waals surface area contributed by atoms with E-state index in [0.717, 1.165) is 25.3 Å². The molecule has 11 heteroatoms. The summed E-state index contributed by atoms with van der Waals surface area (Å²) < 4.78 is 34.6. The molecule has 9 nitrogen and oxygen atoms in total. The van der Waals surface area contributed by atoms with Gasteiger partial charge in [-0.25, -0.2) is 13.2 Å². The highest BCUT2D eigenvalue weighted by Crippen LogP contribution is 2.36. The molecule has 1 unspecified atom stereocenters. The Hall–Kier alpha value is -3.41. The summed E-state index contributed by atoms with van der Waals surface area (Å²) in [6.45, 7) is 0.0706. The van der Waals surface area contributed by atoms with Crippen molar-refractivity contribution in [3.8, 4) is 5.69 Å². The van der Waals surface area contributed by atoms with Crippen LogP contribution >= 0.6 is 11.8 Å². The van der Waals surface area contributed by atoms with E-state index in [-0.39, 0.29) is 17.2 Å². The van der Waals surface area contributed by atoms with Crippen molar-refractivity contribution in [3.05, 3.63) is 84.8 Å². The van der Waals surface area contributed by atoms with E-state index in [1.165, 1.54) is 30.2 Å². The predicted molar refractivity (Wildman–Crippen MR) is 119 cm³/mol. The molecule has 1 aliphatic rings. The number of furan rings is 1. The first-order valence-electron chi connectivity index (χ1n) is 9.97. The van der Waals surface area contributed by atoms with E-state index in [9.17, 15) is 18.3 Å². The molecule has 33 heavy (non-hydrogen) atoms. The zero-order valence-corrected chi connectivity index (χ0v) is 18.7. The van der Waals surface area contributed by atoms with E-state index in [1.807, 2.05) is 24.3 Å². The molecule has 2 aromatic heterocycles. The van der Waals surface area contributed by atoms with Crippen LogP contribution in [-0.2, 0) is 21.2 Å². The maximum Gasteiger partial charge on any atom is 0.329 e. The van der Waals surface area contributed by atoms with Crippen LogP contribution in [0.5, 0.6) is 0 Å². The van der Waals surface area contributed by atoms with Crippen LogP contribution in [0.15, 0.2) is 92.6 Å². The number of carbonyl (C=O) groups is 1. The van der Waals surface area contributed by atoms with Crippen LogP contribution in [-0.4, -0.2) is 45.1 Å². The molecular weight excluding hydrogens is 464 g/mol. The number of sulfonamides is 1. The first-order valence-corrected chi connectivity index (χ1v) is 12.2. The second-order valence-corrected chi connectivity index (χ2v) is 10.4. The molecule has 0 saturated carbocycles. The Morgan fingerprint density at radius 2 is 1.64 bits per heavy atom. The summed E-state index contributed by atoms with van der Waals surface area (Å²) in [7, 11) is -4.03. The number of rotatable bonds is 6. The van der Waals surface area contributed by atoms with Crippen molar-refractivity contribution in [1.29, 1.82) is 0 Å². The molecule has 1 aliphatic heterocycles. The highest BCUT2D eigenvalue weighted by Gasteiger charge is 2.42. The molecule has 1 atom stereocenters. The van der Waals surface area contributed by atoms with Gasteiger partial charge >= 0.3 is 5.97 Å². The molecule has 0 spiro atoms. The van der Waals surface area contributed by atoms with Gasteiger partial charge in [-0.2, -0.15) is 4.31 Å². The Labute approximate surface area is 193 Å². The molecule has 3 heterocycles. The van der Waals surface area contributed by atoms with Crippen molar-refractivity contribution in [2.75, 3.05) is 6.54 Å². The van der Waals surface area contributed by atoms with Crippen molar-refractivity contribution < 1.29 is 22.7 Å². The molecule has 5 rings (SSSR count). The van der Waals surface area contributed by atoms with Crippen molar-refractivity contribution in [3.63, 3.8) is 0 Å².